The molecule has 0 aromatic rings. The molecule has 1 heterocycles. The van der Waals surface area contributed by atoms with Crippen LogP contribution in [0.1, 0.15) is 53.9 Å². The maximum absolute atomic E-state index is 11.6. The van der Waals surface area contributed by atoms with Gasteiger partial charge in [-0.15, -0.1) is 0 Å². The molecule has 0 aromatic carbocycles. The minimum Gasteiger partial charge on any atom is -0.444 e. The van der Waals surface area contributed by atoms with Crippen LogP contribution in [0.25, 0.3) is 0 Å². The Hall–Kier alpha value is -0.810. The molecule has 1 fully saturated rings. The number of amides is 1. The summed E-state index contributed by atoms with van der Waals surface area (Å²) < 4.78 is 5.25. The van der Waals surface area contributed by atoms with Gasteiger partial charge < -0.3 is 20.3 Å². The van der Waals surface area contributed by atoms with E-state index < -0.39 is 5.60 Å². The fourth-order valence-electron chi connectivity index (χ4n) is 2.54. The zero-order valence-corrected chi connectivity index (χ0v) is 14.4. The number of likely N-dealkylation sites (tertiary alicyclic amines) is 1. The Labute approximate surface area is 129 Å². The van der Waals surface area contributed by atoms with Gasteiger partial charge in [0.1, 0.15) is 5.60 Å². The molecule has 1 atom stereocenters. The first-order chi connectivity index (χ1) is 9.80. The number of ether oxygens (including phenoxy) is 1. The highest BCUT2D eigenvalue weighted by atomic mass is 16.6. The van der Waals surface area contributed by atoms with Crippen LogP contribution >= 0.6 is 0 Å². The van der Waals surface area contributed by atoms with Gasteiger partial charge in [0.05, 0.1) is 0 Å². The Kier molecular flexibility index (Phi) is 7.46. The summed E-state index contributed by atoms with van der Waals surface area (Å²) in [6.45, 7) is 14.4. The Morgan fingerprint density at radius 2 is 1.95 bits per heavy atom. The van der Waals surface area contributed by atoms with Gasteiger partial charge >= 0.3 is 6.09 Å². The van der Waals surface area contributed by atoms with Gasteiger partial charge in [0, 0.05) is 12.1 Å². The predicted molar refractivity (Wildman–Crippen MR) is 86.6 cm³/mol. The average molecular weight is 299 g/mol. The van der Waals surface area contributed by atoms with E-state index >= 15 is 0 Å². The summed E-state index contributed by atoms with van der Waals surface area (Å²) in [5.41, 5.74) is -0.435. The topological polar surface area (TPSA) is 53.6 Å². The summed E-state index contributed by atoms with van der Waals surface area (Å²) in [5, 5.41) is 6.48. The molecular formula is C16H33N3O2. The smallest absolute Gasteiger partial charge is 0.407 e. The van der Waals surface area contributed by atoms with Crippen LogP contribution in [0.4, 0.5) is 4.79 Å². The fraction of sp³-hybridized carbons (Fsp3) is 0.938. The third-order valence-corrected chi connectivity index (χ3v) is 3.81. The van der Waals surface area contributed by atoms with Gasteiger partial charge in [0.2, 0.25) is 0 Å². The molecule has 0 radical (unpaired) electrons. The monoisotopic (exact) mass is 299 g/mol. The van der Waals surface area contributed by atoms with Gasteiger partial charge in [-0.25, -0.2) is 4.79 Å². The van der Waals surface area contributed by atoms with E-state index in [1.165, 1.54) is 25.9 Å². The van der Waals surface area contributed by atoms with Gasteiger partial charge in [-0.3, -0.25) is 0 Å². The Balaban J connectivity index is 2.11. The molecule has 0 aromatic heterocycles. The highest BCUT2D eigenvalue weighted by Gasteiger charge is 2.19. The van der Waals surface area contributed by atoms with Crippen LogP contribution < -0.4 is 10.6 Å². The van der Waals surface area contributed by atoms with Crippen molar-refractivity contribution in [3.05, 3.63) is 0 Å². The first-order valence-corrected chi connectivity index (χ1v) is 8.25. The lowest BCUT2D eigenvalue weighted by Gasteiger charge is -2.31. The number of piperidine rings is 1. The normalized spacial score (nSPS) is 19.3. The molecule has 21 heavy (non-hydrogen) atoms. The van der Waals surface area contributed by atoms with Crippen molar-refractivity contribution in [2.45, 2.75) is 71.6 Å². The van der Waals surface area contributed by atoms with Crippen LogP contribution in [0.2, 0.25) is 0 Å². The summed E-state index contributed by atoms with van der Waals surface area (Å²) in [4.78, 5) is 14.1. The van der Waals surface area contributed by atoms with Crippen molar-refractivity contribution in [1.29, 1.82) is 0 Å². The van der Waals surface area contributed by atoms with Crippen molar-refractivity contribution in [2.24, 2.45) is 0 Å². The number of nitrogens with one attached hydrogen (secondary N) is 2. The van der Waals surface area contributed by atoms with E-state index in [9.17, 15) is 4.79 Å². The summed E-state index contributed by atoms with van der Waals surface area (Å²) in [6, 6.07) is 0.754. The minimum absolute atomic E-state index is 0.128. The first kappa shape index (κ1) is 18.2. The van der Waals surface area contributed by atoms with E-state index in [4.69, 9.17) is 4.74 Å². The van der Waals surface area contributed by atoms with Crippen molar-refractivity contribution in [1.82, 2.24) is 15.5 Å². The maximum atomic E-state index is 11.6. The Morgan fingerprint density at radius 1 is 1.33 bits per heavy atom. The minimum atomic E-state index is -0.435. The number of hydrogen-bond donors (Lipinski definition) is 2. The lowest BCUT2D eigenvalue weighted by Crippen LogP contribution is -2.44. The lowest BCUT2D eigenvalue weighted by atomic mass is 10.0. The lowest BCUT2D eigenvalue weighted by molar-refractivity contribution is 0.0506. The largest absolute Gasteiger partial charge is 0.444 e. The van der Waals surface area contributed by atoms with Gasteiger partial charge in [-0.05, 0) is 73.1 Å². The van der Waals surface area contributed by atoms with E-state index in [2.05, 4.69) is 22.5 Å². The molecule has 0 spiro atoms. The second-order valence-electron chi connectivity index (χ2n) is 7.00. The molecule has 5 nitrogen and oxygen atoms in total. The molecule has 0 aliphatic carbocycles. The van der Waals surface area contributed by atoms with Gasteiger partial charge in [-0.1, -0.05) is 6.92 Å². The van der Waals surface area contributed by atoms with E-state index in [0.29, 0.717) is 6.04 Å². The molecule has 2 N–H and O–H groups in total. The Morgan fingerprint density at radius 3 is 2.48 bits per heavy atom. The SMILES string of the molecule is CCN1CCC(NCCC(C)NC(=O)OC(C)(C)C)CC1. The quantitative estimate of drug-likeness (QED) is 0.790. The summed E-state index contributed by atoms with van der Waals surface area (Å²) in [7, 11) is 0. The molecule has 0 saturated carbocycles. The molecule has 1 amide bonds. The molecular weight excluding hydrogens is 266 g/mol. The van der Waals surface area contributed by atoms with Crippen molar-refractivity contribution in [2.75, 3.05) is 26.2 Å². The third-order valence-electron chi connectivity index (χ3n) is 3.81. The fourth-order valence-corrected chi connectivity index (χ4v) is 2.54. The number of carbonyl (C=O) groups is 1. The van der Waals surface area contributed by atoms with Crippen molar-refractivity contribution in [3.8, 4) is 0 Å². The molecule has 1 aliphatic rings. The van der Waals surface area contributed by atoms with Gasteiger partial charge in [-0.2, -0.15) is 0 Å². The summed E-state index contributed by atoms with van der Waals surface area (Å²) in [5.74, 6) is 0. The third kappa shape index (κ3) is 8.27. The summed E-state index contributed by atoms with van der Waals surface area (Å²) in [6.07, 6.45) is 3.04. The van der Waals surface area contributed by atoms with Crippen LogP contribution in [0.15, 0.2) is 0 Å². The number of carbonyl (C=O) groups excluding carboxylic acids is 1. The highest BCUT2D eigenvalue weighted by Crippen LogP contribution is 2.10. The van der Waals surface area contributed by atoms with Crippen molar-refractivity contribution in [3.63, 3.8) is 0 Å². The second-order valence-corrected chi connectivity index (χ2v) is 7.00. The number of alkyl carbamates (subject to hydrolysis) is 1. The molecule has 5 heteroatoms. The standard InChI is InChI=1S/C16H33N3O2/c1-6-19-11-8-14(9-12-19)17-10-7-13(2)18-15(20)21-16(3,4)5/h13-14,17H,6-12H2,1-5H3,(H,18,20). The van der Waals surface area contributed by atoms with Crippen LogP contribution in [-0.4, -0.2) is 54.9 Å². The van der Waals surface area contributed by atoms with Gasteiger partial charge in [0.25, 0.3) is 0 Å². The van der Waals surface area contributed by atoms with E-state index in [1.54, 1.807) is 0 Å². The van der Waals surface area contributed by atoms with Crippen LogP contribution in [0, 0.1) is 0 Å². The first-order valence-electron chi connectivity index (χ1n) is 8.25. The molecule has 1 rings (SSSR count). The highest BCUT2D eigenvalue weighted by molar-refractivity contribution is 5.67. The molecule has 1 aliphatic heterocycles. The van der Waals surface area contributed by atoms with Crippen LogP contribution in [0.5, 0.6) is 0 Å². The maximum Gasteiger partial charge on any atom is 0.407 e. The van der Waals surface area contributed by atoms with E-state index in [-0.39, 0.29) is 12.1 Å². The summed E-state index contributed by atoms with van der Waals surface area (Å²) >= 11 is 0. The van der Waals surface area contributed by atoms with E-state index in [1.807, 2.05) is 27.7 Å². The van der Waals surface area contributed by atoms with Crippen molar-refractivity contribution >= 4 is 6.09 Å². The molecule has 0 bridgehead atoms. The number of rotatable bonds is 6. The average Bonchev–Trinajstić information content (AvgIpc) is 2.37. The number of hydrogen-bond acceptors (Lipinski definition) is 4. The van der Waals surface area contributed by atoms with E-state index in [0.717, 1.165) is 19.5 Å². The van der Waals surface area contributed by atoms with Gasteiger partial charge in [0.15, 0.2) is 0 Å². The molecule has 1 unspecified atom stereocenters. The molecule has 1 saturated heterocycles. The predicted octanol–water partition coefficient (Wildman–Crippen LogP) is 2.36. The number of nitrogens with zero attached hydrogens (tertiary/aromatic N) is 1. The second kappa shape index (κ2) is 8.59. The van der Waals surface area contributed by atoms with Crippen LogP contribution in [0.3, 0.4) is 0 Å². The van der Waals surface area contributed by atoms with Crippen LogP contribution in [-0.2, 0) is 4.74 Å². The van der Waals surface area contributed by atoms with Crippen molar-refractivity contribution < 1.29 is 9.53 Å². The Bertz CT molecular complexity index is 307. The zero-order valence-electron chi connectivity index (χ0n) is 14.4. The molecule has 124 valence electrons. The zero-order chi connectivity index (χ0) is 15.9.